The largest absolute Gasteiger partial charge is 0.497 e. The Hall–Kier alpha value is -1.14. The van der Waals surface area contributed by atoms with Crippen molar-refractivity contribution >= 4 is 0 Å². The lowest BCUT2D eigenvalue weighted by Crippen LogP contribution is -2.36. The van der Waals surface area contributed by atoms with Crippen molar-refractivity contribution < 1.29 is 24.1 Å². The molecule has 5 heteroatoms. The first-order valence-corrected chi connectivity index (χ1v) is 6.12. The van der Waals surface area contributed by atoms with Crippen LogP contribution >= 0.6 is 0 Å². The Bertz CT molecular complexity index is 334. The van der Waals surface area contributed by atoms with Crippen molar-refractivity contribution in [3.8, 4) is 5.75 Å². The molecule has 0 aromatic heterocycles. The number of methoxy groups -OCH3 is 3. The normalized spacial score (nSPS) is 14.1. The predicted molar refractivity (Wildman–Crippen MR) is 71.3 cm³/mol. The van der Waals surface area contributed by atoms with Crippen molar-refractivity contribution in [1.82, 2.24) is 0 Å². The molecule has 1 aromatic carbocycles. The van der Waals surface area contributed by atoms with E-state index in [1.54, 1.807) is 14.2 Å². The smallest absolute Gasteiger partial charge is 0.118 e. The fraction of sp³-hybridized carbons (Fsp3) is 0.571. The molecule has 2 atom stereocenters. The van der Waals surface area contributed by atoms with Crippen LogP contribution in [0.3, 0.4) is 0 Å². The fourth-order valence-corrected chi connectivity index (χ4v) is 1.69. The lowest BCUT2D eigenvalue weighted by atomic mass is 10.2. The average molecular weight is 270 g/mol. The lowest BCUT2D eigenvalue weighted by molar-refractivity contribution is -0.0941. The number of ether oxygens (including phenoxy) is 4. The standard InChI is InChI=1S/C14H22O5/c1-16-12-6-4-11(5-7-12)9-19-10-14(18-3)13(8-15)17-2/h4-7,13-15H,8-10H2,1-3H3. The Kier molecular flexibility index (Phi) is 7.43. The highest BCUT2D eigenvalue weighted by Crippen LogP contribution is 2.12. The van der Waals surface area contributed by atoms with Crippen LogP contribution in [0.5, 0.6) is 5.75 Å². The molecular weight excluding hydrogens is 248 g/mol. The molecule has 0 heterocycles. The van der Waals surface area contributed by atoms with Gasteiger partial charge in [-0.2, -0.15) is 0 Å². The molecule has 0 fully saturated rings. The second kappa shape index (κ2) is 8.87. The first-order chi connectivity index (χ1) is 9.24. The Morgan fingerprint density at radius 1 is 1.00 bits per heavy atom. The number of hydrogen-bond acceptors (Lipinski definition) is 5. The van der Waals surface area contributed by atoms with Crippen LogP contribution in [-0.2, 0) is 20.8 Å². The number of benzene rings is 1. The first kappa shape index (κ1) is 15.9. The van der Waals surface area contributed by atoms with Crippen molar-refractivity contribution in [2.75, 3.05) is 34.5 Å². The van der Waals surface area contributed by atoms with E-state index in [4.69, 9.17) is 24.1 Å². The third-order valence-corrected chi connectivity index (χ3v) is 2.91. The van der Waals surface area contributed by atoms with E-state index in [9.17, 15) is 0 Å². The number of hydrogen-bond donors (Lipinski definition) is 1. The van der Waals surface area contributed by atoms with Crippen molar-refractivity contribution in [1.29, 1.82) is 0 Å². The van der Waals surface area contributed by atoms with Gasteiger partial charge in [0.2, 0.25) is 0 Å². The zero-order chi connectivity index (χ0) is 14.1. The van der Waals surface area contributed by atoms with Gasteiger partial charge in [-0.15, -0.1) is 0 Å². The van der Waals surface area contributed by atoms with Crippen molar-refractivity contribution in [3.05, 3.63) is 29.8 Å². The van der Waals surface area contributed by atoms with E-state index >= 15 is 0 Å². The molecule has 0 aliphatic heterocycles. The maximum atomic E-state index is 9.13. The van der Waals surface area contributed by atoms with Crippen LogP contribution in [-0.4, -0.2) is 51.9 Å². The molecular formula is C14H22O5. The van der Waals surface area contributed by atoms with Crippen molar-refractivity contribution in [3.63, 3.8) is 0 Å². The summed E-state index contributed by atoms with van der Waals surface area (Å²) in [5, 5.41) is 9.13. The third-order valence-electron chi connectivity index (χ3n) is 2.91. The molecule has 0 radical (unpaired) electrons. The van der Waals surface area contributed by atoms with E-state index in [1.165, 1.54) is 7.11 Å². The topological polar surface area (TPSA) is 57.2 Å². The summed E-state index contributed by atoms with van der Waals surface area (Å²) in [6, 6.07) is 7.66. The Labute approximate surface area is 114 Å². The van der Waals surface area contributed by atoms with Gasteiger partial charge in [-0.3, -0.25) is 0 Å². The molecule has 0 saturated heterocycles. The Balaban J connectivity index is 2.38. The molecule has 19 heavy (non-hydrogen) atoms. The third kappa shape index (κ3) is 5.16. The van der Waals surface area contributed by atoms with Gasteiger partial charge >= 0.3 is 0 Å². The monoisotopic (exact) mass is 270 g/mol. The van der Waals surface area contributed by atoms with Gasteiger partial charge in [0.15, 0.2) is 0 Å². The molecule has 1 rings (SSSR count). The van der Waals surface area contributed by atoms with Gasteiger partial charge in [-0.05, 0) is 17.7 Å². The molecule has 1 aromatic rings. The van der Waals surface area contributed by atoms with E-state index in [-0.39, 0.29) is 18.8 Å². The molecule has 0 bridgehead atoms. The minimum absolute atomic E-state index is 0.0963. The summed E-state index contributed by atoms with van der Waals surface area (Å²) in [5.74, 6) is 0.818. The van der Waals surface area contributed by atoms with Crippen LogP contribution in [0.1, 0.15) is 5.56 Å². The molecule has 2 unspecified atom stereocenters. The molecule has 108 valence electrons. The molecule has 0 spiro atoms. The molecule has 0 aliphatic carbocycles. The minimum Gasteiger partial charge on any atom is -0.497 e. The van der Waals surface area contributed by atoms with E-state index in [1.807, 2.05) is 24.3 Å². The van der Waals surface area contributed by atoms with Gasteiger partial charge in [-0.1, -0.05) is 12.1 Å². The van der Waals surface area contributed by atoms with Crippen LogP contribution in [0, 0.1) is 0 Å². The van der Waals surface area contributed by atoms with Gasteiger partial charge < -0.3 is 24.1 Å². The summed E-state index contributed by atoms with van der Waals surface area (Å²) < 4.78 is 21.0. The van der Waals surface area contributed by atoms with Crippen LogP contribution in [0.2, 0.25) is 0 Å². The van der Waals surface area contributed by atoms with Crippen molar-refractivity contribution in [2.45, 2.75) is 18.8 Å². The van der Waals surface area contributed by atoms with E-state index in [0.717, 1.165) is 11.3 Å². The molecule has 1 N–H and O–H groups in total. The number of rotatable bonds is 9. The predicted octanol–water partition coefficient (Wildman–Crippen LogP) is 1.23. The van der Waals surface area contributed by atoms with Gasteiger partial charge in [0.1, 0.15) is 18.0 Å². The Morgan fingerprint density at radius 2 is 1.63 bits per heavy atom. The minimum atomic E-state index is -0.374. The quantitative estimate of drug-likeness (QED) is 0.731. The average Bonchev–Trinajstić information content (AvgIpc) is 2.47. The molecule has 0 aliphatic rings. The summed E-state index contributed by atoms with van der Waals surface area (Å²) in [6.45, 7) is 0.744. The van der Waals surface area contributed by atoms with Crippen LogP contribution < -0.4 is 4.74 Å². The summed E-state index contributed by atoms with van der Waals surface area (Å²) in [5.41, 5.74) is 1.05. The highest BCUT2D eigenvalue weighted by Gasteiger charge is 2.20. The number of aliphatic hydroxyl groups excluding tert-OH is 1. The van der Waals surface area contributed by atoms with Gasteiger partial charge in [-0.25, -0.2) is 0 Å². The highest BCUT2D eigenvalue weighted by atomic mass is 16.6. The maximum Gasteiger partial charge on any atom is 0.118 e. The zero-order valence-electron chi connectivity index (χ0n) is 11.7. The zero-order valence-corrected chi connectivity index (χ0v) is 11.7. The van der Waals surface area contributed by atoms with Gasteiger partial charge in [0.05, 0.1) is 26.9 Å². The number of aliphatic hydroxyl groups is 1. The van der Waals surface area contributed by atoms with Gasteiger partial charge in [0, 0.05) is 14.2 Å². The lowest BCUT2D eigenvalue weighted by Gasteiger charge is -2.22. The summed E-state index contributed by atoms with van der Waals surface area (Å²) in [4.78, 5) is 0. The molecule has 0 saturated carbocycles. The second-order valence-electron chi connectivity index (χ2n) is 4.09. The molecule has 0 amide bonds. The van der Waals surface area contributed by atoms with Crippen molar-refractivity contribution in [2.24, 2.45) is 0 Å². The van der Waals surface area contributed by atoms with Gasteiger partial charge in [0.25, 0.3) is 0 Å². The maximum absolute atomic E-state index is 9.13. The summed E-state index contributed by atoms with van der Waals surface area (Å²) in [7, 11) is 4.74. The highest BCUT2D eigenvalue weighted by molar-refractivity contribution is 5.26. The SMILES string of the molecule is COc1ccc(COCC(OC)C(CO)OC)cc1. The first-order valence-electron chi connectivity index (χ1n) is 6.12. The van der Waals surface area contributed by atoms with Crippen LogP contribution in [0.25, 0.3) is 0 Å². The van der Waals surface area contributed by atoms with E-state index < -0.39 is 0 Å². The fourth-order valence-electron chi connectivity index (χ4n) is 1.69. The molecule has 5 nitrogen and oxygen atoms in total. The summed E-state index contributed by atoms with van der Waals surface area (Å²) in [6.07, 6.45) is -0.658. The van der Waals surface area contributed by atoms with Crippen LogP contribution in [0.4, 0.5) is 0 Å². The Morgan fingerprint density at radius 3 is 2.11 bits per heavy atom. The second-order valence-corrected chi connectivity index (χ2v) is 4.09. The summed E-state index contributed by atoms with van der Waals surface area (Å²) >= 11 is 0. The van der Waals surface area contributed by atoms with E-state index in [0.29, 0.717) is 13.2 Å². The van der Waals surface area contributed by atoms with Crippen LogP contribution in [0.15, 0.2) is 24.3 Å². The van der Waals surface area contributed by atoms with E-state index in [2.05, 4.69) is 0 Å².